The maximum atomic E-state index is 5.23. The lowest BCUT2D eigenvalue weighted by atomic mass is 10.1. The molecule has 0 amide bonds. The van der Waals surface area contributed by atoms with Gasteiger partial charge in [0, 0.05) is 19.2 Å². The van der Waals surface area contributed by atoms with Gasteiger partial charge >= 0.3 is 0 Å². The van der Waals surface area contributed by atoms with Gasteiger partial charge in [-0.1, -0.05) is 25.9 Å². The minimum absolute atomic E-state index is 0. The van der Waals surface area contributed by atoms with Crippen molar-refractivity contribution in [1.29, 1.82) is 0 Å². The van der Waals surface area contributed by atoms with Gasteiger partial charge in [0.05, 0.1) is 5.69 Å². The Kier molecular flexibility index (Phi) is 11.4. The van der Waals surface area contributed by atoms with E-state index in [1.165, 1.54) is 6.42 Å². The van der Waals surface area contributed by atoms with Gasteiger partial charge < -0.3 is 15.2 Å². The van der Waals surface area contributed by atoms with Gasteiger partial charge in [0.2, 0.25) is 0 Å². The molecular formula is C15H29IN4O. The third-order valence-corrected chi connectivity index (χ3v) is 2.96. The zero-order chi connectivity index (χ0) is 14.8. The smallest absolute Gasteiger partial charge is 0.191 e. The first-order chi connectivity index (χ1) is 9.65. The monoisotopic (exact) mass is 408 g/mol. The standard InChI is InChI=1S/C15H28N4O.HI/c1-5-13-10-14(20-19-13)11-18-15(16-6-2)17-9-7-8-12(3)4;/h10,12H,5-9,11H2,1-4H3,(H2,16,17,18);1H. The van der Waals surface area contributed by atoms with Crippen LogP contribution in [-0.4, -0.2) is 24.2 Å². The summed E-state index contributed by atoms with van der Waals surface area (Å²) < 4.78 is 5.23. The first-order valence-electron chi connectivity index (χ1n) is 7.62. The molecule has 0 aliphatic rings. The van der Waals surface area contributed by atoms with Crippen molar-refractivity contribution in [3.8, 4) is 0 Å². The molecular weight excluding hydrogens is 379 g/mol. The molecule has 0 fully saturated rings. The number of hydrogen-bond donors (Lipinski definition) is 2. The van der Waals surface area contributed by atoms with Crippen LogP contribution in [0.5, 0.6) is 0 Å². The van der Waals surface area contributed by atoms with E-state index in [9.17, 15) is 0 Å². The average Bonchev–Trinajstić information content (AvgIpc) is 2.88. The largest absolute Gasteiger partial charge is 0.359 e. The molecule has 6 heteroatoms. The van der Waals surface area contributed by atoms with Crippen LogP contribution in [0.15, 0.2) is 15.6 Å². The van der Waals surface area contributed by atoms with Crippen LogP contribution in [0.25, 0.3) is 0 Å². The third kappa shape index (κ3) is 8.95. The normalized spacial score (nSPS) is 11.4. The maximum Gasteiger partial charge on any atom is 0.191 e. The second-order valence-electron chi connectivity index (χ2n) is 5.30. The van der Waals surface area contributed by atoms with Crippen molar-refractivity contribution in [3.05, 3.63) is 17.5 Å². The van der Waals surface area contributed by atoms with Crippen molar-refractivity contribution in [1.82, 2.24) is 15.8 Å². The Morgan fingerprint density at radius 2 is 2.10 bits per heavy atom. The molecule has 0 atom stereocenters. The number of nitrogens with one attached hydrogen (secondary N) is 2. The lowest BCUT2D eigenvalue weighted by molar-refractivity contribution is 0.379. The summed E-state index contributed by atoms with van der Waals surface area (Å²) >= 11 is 0. The van der Waals surface area contributed by atoms with Crippen LogP contribution in [-0.2, 0) is 13.0 Å². The molecule has 0 aliphatic heterocycles. The molecule has 0 aromatic carbocycles. The van der Waals surface area contributed by atoms with E-state index in [-0.39, 0.29) is 24.0 Å². The van der Waals surface area contributed by atoms with Crippen LogP contribution < -0.4 is 10.6 Å². The molecule has 1 aromatic heterocycles. The minimum atomic E-state index is 0. The van der Waals surface area contributed by atoms with Gasteiger partial charge in [0.15, 0.2) is 11.7 Å². The predicted molar refractivity (Wildman–Crippen MR) is 98.2 cm³/mol. The number of guanidine groups is 1. The van der Waals surface area contributed by atoms with Gasteiger partial charge in [-0.05, 0) is 32.1 Å². The van der Waals surface area contributed by atoms with E-state index in [4.69, 9.17) is 4.52 Å². The van der Waals surface area contributed by atoms with Gasteiger partial charge in [-0.25, -0.2) is 4.99 Å². The molecule has 1 rings (SSSR count). The Hall–Kier alpha value is -0.790. The summed E-state index contributed by atoms with van der Waals surface area (Å²) in [7, 11) is 0. The molecule has 1 aromatic rings. The first-order valence-corrected chi connectivity index (χ1v) is 7.62. The average molecular weight is 408 g/mol. The van der Waals surface area contributed by atoms with E-state index in [1.54, 1.807) is 0 Å². The predicted octanol–water partition coefficient (Wildman–Crippen LogP) is 3.35. The van der Waals surface area contributed by atoms with E-state index >= 15 is 0 Å². The van der Waals surface area contributed by atoms with Gasteiger partial charge in [0.1, 0.15) is 6.54 Å². The van der Waals surface area contributed by atoms with Crippen molar-refractivity contribution in [2.45, 2.75) is 53.5 Å². The van der Waals surface area contributed by atoms with Crippen molar-refractivity contribution in [3.63, 3.8) is 0 Å². The highest BCUT2D eigenvalue weighted by Crippen LogP contribution is 2.05. The number of aromatic nitrogens is 1. The summed E-state index contributed by atoms with van der Waals surface area (Å²) in [6, 6.07) is 1.96. The van der Waals surface area contributed by atoms with Gasteiger partial charge in [0.25, 0.3) is 0 Å². The van der Waals surface area contributed by atoms with E-state index in [0.29, 0.717) is 6.54 Å². The molecule has 21 heavy (non-hydrogen) atoms. The van der Waals surface area contributed by atoms with Crippen LogP contribution in [0.1, 0.15) is 52.0 Å². The number of nitrogens with zero attached hydrogens (tertiary/aromatic N) is 2. The SMILES string of the molecule is CCNC(=NCc1cc(CC)no1)NCCCC(C)C.I. The number of rotatable bonds is 8. The lowest BCUT2D eigenvalue weighted by Crippen LogP contribution is -2.37. The second kappa shape index (κ2) is 11.8. The Bertz CT molecular complexity index is 404. The van der Waals surface area contributed by atoms with Crippen LogP contribution in [0.3, 0.4) is 0 Å². The molecule has 0 bridgehead atoms. The zero-order valence-electron chi connectivity index (χ0n) is 13.6. The molecule has 0 saturated heterocycles. The van der Waals surface area contributed by atoms with E-state index < -0.39 is 0 Å². The second-order valence-corrected chi connectivity index (χ2v) is 5.30. The highest BCUT2D eigenvalue weighted by atomic mass is 127. The van der Waals surface area contributed by atoms with Crippen LogP contribution in [0, 0.1) is 5.92 Å². The topological polar surface area (TPSA) is 62.5 Å². The molecule has 5 nitrogen and oxygen atoms in total. The quantitative estimate of drug-likeness (QED) is 0.300. The van der Waals surface area contributed by atoms with Crippen LogP contribution in [0.2, 0.25) is 0 Å². The van der Waals surface area contributed by atoms with Crippen molar-refractivity contribution < 1.29 is 4.52 Å². The summed E-state index contributed by atoms with van der Waals surface area (Å²) in [4.78, 5) is 4.51. The van der Waals surface area contributed by atoms with E-state index in [0.717, 1.165) is 49.3 Å². The minimum Gasteiger partial charge on any atom is -0.359 e. The summed E-state index contributed by atoms with van der Waals surface area (Å²) in [5.41, 5.74) is 0.977. The zero-order valence-corrected chi connectivity index (χ0v) is 15.9. The molecule has 1 heterocycles. The Labute approximate surface area is 145 Å². The van der Waals surface area contributed by atoms with Crippen LogP contribution in [0.4, 0.5) is 0 Å². The first kappa shape index (κ1) is 20.2. The van der Waals surface area contributed by atoms with Crippen molar-refractivity contribution in [2.75, 3.05) is 13.1 Å². The van der Waals surface area contributed by atoms with Gasteiger partial charge in [-0.3, -0.25) is 0 Å². The number of hydrogen-bond acceptors (Lipinski definition) is 3. The summed E-state index contributed by atoms with van der Waals surface area (Å²) in [6.07, 6.45) is 3.28. The Morgan fingerprint density at radius 3 is 2.67 bits per heavy atom. The lowest BCUT2D eigenvalue weighted by Gasteiger charge is -2.11. The number of halogens is 1. The Balaban J connectivity index is 0.00000400. The summed E-state index contributed by atoms with van der Waals surface area (Å²) in [5, 5.41) is 10.6. The molecule has 0 aliphatic carbocycles. The summed E-state index contributed by atoms with van der Waals surface area (Å²) in [5.74, 6) is 2.39. The molecule has 2 N–H and O–H groups in total. The highest BCUT2D eigenvalue weighted by Gasteiger charge is 2.03. The third-order valence-electron chi connectivity index (χ3n) is 2.96. The van der Waals surface area contributed by atoms with Crippen molar-refractivity contribution in [2.24, 2.45) is 10.9 Å². The van der Waals surface area contributed by atoms with E-state index in [2.05, 4.69) is 48.5 Å². The fourth-order valence-corrected chi connectivity index (χ4v) is 1.81. The van der Waals surface area contributed by atoms with Crippen LogP contribution >= 0.6 is 24.0 Å². The fourth-order valence-electron chi connectivity index (χ4n) is 1.81. The highest BCUT2D eigenvalue weighted by molar-refractivity contribution is 14.0. The fraction of sp³-hybridized carbons (Fsp3) is 0.733. The Morgan fingerprint density at radius 1 is 1.33 bits per heavy atom. The molecule has 0 saturated carbocycles. The molecule has 0 spiro atoms. The maximum absolute atomic E-state index is 5.23. The van der Waals surface area contributed by atoms with Gasteiger partial charge in [-0.15, -0.1) is 24.0 Å². The van der Waals surface area contributed by atoms with Crippen molar-refractivity contribution >= 4 is 29.9 Å². The molecule has 0 unspecified atom stereocenters. The summed E-state index contributed by atoms with van der Waals surface area (Å²) in [6.45, 7) is 10.9. The molecule has 122 valence electrons. The van der Waals surface area contributed by atoms with Gasteiger partial charge in [-0.2, -0.15) is 0 Å². The number of aliphatic imine (C=N–C) groups is 1. The number of aryl methyl sites for hydroxylation is 1. The van der Waals surface area contributed by atoms with E-state index in [1.807, 2.05) is 6.07 Å². The molecule has 0 radical (unpaired) electrons.